The van der Waals surface area contributed by atoms with Crippen molar-refractivity contribution in [1.29, 1.82) is 0 Å². The monoisotopic (exact) mass is 310 g/mol. The molecule has 1 N–H and O–H groups in total. The van der Waals surface area contributed by atoms with Gasteiger partial charge in [-0.2, -0.15) is 0 Å². The first-order valence-corrected chi connectivity index (χ1v) is 7.23. The lowest BCUT2D eigenvalue weighted by atomic mass is 10.1. The Labute approximate surface area is 129 Å². The van der Waals surface area contributed by atoms with Gasteiger partial charge in [0, 0.05) is 19.6 Å². The van der Waals surface area contributed by atoms with Crippen LogP contribution in [0.2, 0.25) is 0 Å². The highest BCUT2D eigenvalue weighted by atomic mass is 16.6. The molecule has 0 radical (unpaired) electrons. The lowest BCUT2D eigenvalue weighted by molar-refractivity contribution is -0.145. The Hall–Kier alpha value is -2.02. The molecule has 0 saturated carbocycles. The fraction of sp³-hybridized carbons (Fsp3) is 0.600. The number of carboxylic acid groups (broad SMARTS) is 1. The van der Waals surface area contributed by atoms with Crippen LogP contribution in [-0.2, 0) is 16.1 Å². The van der Waals surface area contributed by atoms with Crippen LogP contribution in [0.5, 0.6) is 0 Å². The van der Waals surface area contributed by atoms with Crippen LogP contribution < -0.4 is 0 Å². The molecule has 22 heavy (non-hydrogen) atoms. The third-order valence-electron chi connectivity index (χ3n) is 3.34. The summed E-state index contributed by atoms with van der Waals surface area (Å²) < 4.78 is 10.6. The fourth-order valence-electron chi connectivity index (χ4n) is 2.36. The normalized spacial score (nSPS) is 20.0. The number of carbonyl (C=O) groups excluding carboxylic acids is 1. The lowest BCUT2D eigenvalue weighted by Gasteiger charge is -2.39. The summed E-state index contributed by atoms with van der Waals surface area (Å²) >= 11 is 0. The van der Waals surface area contributed by atoms with E-state index >= 15 is 0 Å². The van der Waals surface area contributed by atoms with Gasteiger partial charge in [-0.3, -0.25) is 9.80 Å². The van der Waals surface area contributed by atoms with Crippen LogP contribution in [0.4, 0.5) is 4.79 Å². The van der Waals surface area contributed by atoms with E-state index in [-0.39, 0.29) is 6.54 Å². The second-order valence-electron chi connectivity index (χ2n) is 6.34. The molecule has 1 aromatic heterocycles. The van der Waals surface area contributed by atoms with Crippen molar-refractivity contribution in [2.45, 2.75) is 39.0 Å². The van der Waals surface area contributed by atoms with Crippen molar-refractivity contribution in [3.05, 3.63) is 24.2 Å². The van der Waals surface area contributed by atoms with Crippen molar-refractivity contribution in [3.63, 3.8) is 0 Å². The minimum Gasteiger partial charge on any atom is -0.480 e. The second-order valence-corrected chi connectivity index (χ2v) is 6.34. The molecule has 1 aliphatic rings. The van der Waals surface area contributed by atoms with Crippen LogP contribution >= 0.6 is 0 Å². The van der Waals surface area contributed by atoms with E-state index in [1.807, 2.05) is 11.0 Å². The highest BCUT2D eigenvalue weighted by molar-refractivity contribution is 5.80. The molecule has 2 heterocycles. The molecule has 0 spiro atoms. The summed E-state index contributed by atoms with van der Waals surface area (Å²) in [5, 5.41) is 9.40. The predicted octanol–water partition coefficient (Wildman–Crippen LogP) is 1.79. The van der Waals surface area contributed by atoms with Crippen molar-refractivity contribution in [3.8, 4) is 0 Å². The predicted molar refractivity (Wildman–Crippen MR) is 78.3 cm³/mol. The molecule has 0 bridgehead atoms. The summed E-state index contributed by atoms with van der Waals surface area (Å²) in [5.74, 6) is -0.259. The third-order valence-corrected chi connectivity index (χ3v) is 3.34. The molecule has 7 heteroatoms. The summed E-state index contributed by atoms with van der Waals surface area (Å²) in [6.45, 7) is 6.93. The van der Waals surface area contributed by atoms with Crippen molar-refractivity contribution in [2.24, 2.45) is 0 Å². The van der Waals surface area contributed by atoms with Crippen LogP contribution in [-0.4, -0.2) is 58.2 Å². The van der Waals surface area contributed by atoms with E-state index in [2.05, 4.69) is 0 Å². The van der Waals surface area contributed by atoms with Crippen molar-refractivity contribution in [2.75, 3.05) is 19.6 Å². The number of carbonyl (C=O) groups is 2. The van der Waals surface area contributed by atoms with Crippen LogP contribution in [0, 0.1) is 0 Å². The fourth-order valence-corrected chi connectivity index (χ4v) is 2.36. The van der Waals surface area contributed by atoms with Gasteiger partial charge >= 0.3 is 12.1 Å². The molecule has 1 atom stereocenters. The van der Waals surface area contributed by atoms with Gasteiger partial charge in [-0.05, 0) is 32.9 Å². The van der Waals surface area contributed by atoms with E-state index in [0.717, 1.165) is 5.76 Å². The Morgan fingerprint density at radius 2 is 2.14 bits per heavy atom. The summed E-state index contributed by atoms with van der Waals surface area (Å²) in [6.07, 6.45) is 0.999. The minimum absolute atomic E-state index is 0.245. The summed E-state index contributed by atoms with van der Waals surface area (Å²) in [6, 6.07) is 2.72. The van der Waals surface area contributed by atoms with E-state index in [1.165, 1.54) is 4.90 Å². The smallest absolute Gasteiger partial charge is 0.411 e. The molecule has 7 nitrogen and oxygen atoms in total. The van der Waals surface area contributed by atoms with Crippen molar-refractivity contribution in [1.82, 2.24) is 9.80 Å². The number of hydrogen-bond donors (Lipinski definition) is 1. The molecular weight excluding hydrogens is 288 g/mol. The van der Waals surface area contributed by atoms with Crippen molar-refractivity contribution < 1.29 is 23.8 Å². The number of nitrogens with zero attached hydrogens (tertiary/aromatic N) is 2. The molecular formula is C15H22N2O5. The maximum Gasteiger partial charge on any atom is 0.411 e. The summed E-state index contributed by atoms with van der Waals surface area (Å²) in [7, 11) is 0. The minimum atomic E-state index is -1.03. The molecule has 1 amide bonds. The molecule has 1 saturated heterocycles. The zero-order valence-corrected chi connectivity index (χ0v) is 13.1. The van der Waals surface area contributed by atoms with Gasteiger partial charge in [0.25, 0.3) is 0 Å². The Bertz CT molecular complexity index is 521. The molecule has 1 unspecified atom stereocenters. The number of carboxylic acids is 1. The van der Waals surface area contributed by atoms with Gasteiger partial charge in [0.15, 0.2) is 0 Å². The van der Waals surface area contributed by atoms with E-state index < -0.39 is 23.7 Å². The molecule has 0 aliphatic carbocycles. The SMILES string of the molecule is CC(C)(C)OC(=O)N1CCN(Cc2ccco2)CC1C(=O)O. The Morgan fingerprint density at radius 3 is 2.68 bits per heavy atom. The zero-order chi connectivity index (χ0) is 16.3. The Kier molecular flexibility index (Phi) is 4.75. The number of hydrogen-bond acceptors (Lipinski definition) is 5. The molecule has 1 aliphatic heterocycles. The molecule has 0 aromatic carbocycles. The topological polar surface area (TPSA) is 83.2 Å². The highest BCUT2D eigenvalue weighted by Crippen LogP contribution is 2.17. The highest BCUT2D eigenvalue weighted by Gasteiger charge is 2.37. The van der Waals surface area contributed by atoms with Gasteiger partial charge < -0.3 is 14.3 Å². The first-order valence-electron chi connectivity index (χ1n) is 7.23. The molecule has 2 rings (SSSR count). The standard InChI is InChI=1S/C15H22N2O5/c1-15(2,3)22-14(20)17-7-6-16(10-12(17)13(18)19)9-11-5-4-8-21-11/h4-5,8,12H,6-7,9-10H2,1-3H3,(H,18,19). The van der Waals surface area contributed by atoms with Gasteiger partial charge in [-0.1, -0.05) is 0 Å². The van der Waals surface area contributed by atoms with Gasteiger partial charge in [0.1, 0.15) is 17.4 Å². The van der Waals surface area contributed by atoms with E-state index in [9.17, 15) is 14.7 Å². The maximum atomic E-state index is 12.2. The summed E-state index contributed by atoms with van der Waals surface area (Å²) in [4.78, 5) is 26.9. The zero-order valence-electron chi connectivity index (χ0n) is 13.1. The summed E-state index contributed by atoms with van der Waals surface area (Å²) in [5.41, 5.74) is -0.647. The maximum absolute atomic E-state index is 12.2. The molecule has 122 valence electrons. The van der Waals surface area contributed by atoms with Crippen LogP contribution in [0.25, 0.3) is 0 Å². The van der Waals surface area contributed by atoms with Crippen LogP contribution in [0.3, 0.4) is 0 Å². The average Bonchev–Trinajstić information content (AvgIpc) is 2.89. The number of furan rings is 1. The van der Waals surface area contributed by atoms with Crippen LogP contribution in [0.15, 0.2) is 22.8 Å². The van der Waals surface area contributed by atoms with Crippen LogP contribution in [0.1, 0.15) is 26.5 Å². The van der Waals surface area contributed by atoms with Gasteiger partial charge in [0.2, 0.25) is 0 Å². The van der Waals surface area contributed by atoms with Gasteiger partial charge in [0.05, 0.1) is 12.8 Å². The second kappa shape index (κ2) is 6.39. The van der Waals surface area contributed by atoms with Gasteiger partial charge in [-0.25, -0.2) is 9.59 Å². The van der Waals surface area contributed by atoms with Crippen molar-refractivity contribution >= 4 is 12.1 Å². The number of piperazine rings is 1. The number of aliphatic carboxylic acids is 1. The number of amides is 1. The largest absolute Gasteiger partial charge is 0.480 e. The Morgan fingerprint density at radius 1 is 1.41 bits per heavy atom. The molecule has 1 aromatic rings. The van der Waals surface area contributed by atoms with E-state index in [1.54, 1.807) is 33.1 Å². The van der Waals surface area contributed by atoms with E-state index in [4.69, 9.17) is 9.15 Å². The van der Waals surface area contributed by atoms with E-state index in [0.29, 0.717) is 19.6 Å². The third kappa shape index (κ3) is 4.24. The number of rotatable bonds is 3. The lowest BCUT2D eigenvalue weighted by Crippen LogP contribution is -2.58. The first-order chi connectivity index (χ1) is 10.3. The first kappa shape index (κ1) is 16.4. The average molecular weight is 310 g/mol. The Balaban J connectivity index is 2.02. The quantitative estimate of drug-likeness (QED) is 0.916. The number of ether oxygens (including phenoxy) is 1. The molecule has 1 fully saturated rings. The van der Waals surface area contributed by atoms with Gasteiger partial charge in [-0.15, -0.1) is 0 Å².